The Bertz CT molecular complexity index is 550. The van der Waals surface area contributed by atoms with Crippen molar-refractivity contribution in [1.82, 2.24) is 10.3 Å². The van der Waals surface area contributed by atoms with Gasteiger partial charge in [0.05, 0.1) is 12.2 Å². The summed E-state index contributed by atoms with van der Waals surface area (Å²) in [5, 5.41) is 2.65. The number of carbonyl (C=O) groups excluding carboxylic acids is 1. The van der Waals surface area contributed by atoms with Crippen LogP contribution < -0.4 is 11.1 Å². The third kappa shape index (κ3) is 6.76. The maximum atomic E-state index is 11.5. The van der Waals surface area contributed by atoms with E-state index in [-0.39, 0.29) is 31.4 Å². The van der Waals surface area contributed by atoms with Crippen molar-refractivity contribution in [3.63, 3.8) is 0 Å². The first kappa shape index (κ1) is 20.2. The summed E-state index contributed by atoms with van der Waals surface area (Å²) in [5.41, 5.74) is 8.16. The first-order valence-electron chi connectivity index (χ1n) is 6.36. The van der Waals surface area contributed by atoms with Gasteiger partial charge in [0.1, 0.15) is 6.61 Å². The Labute approximate surface area is 142 Å². The third-order valence-corrected chi connectivity index (χ3v) is 2.75. The van der Waals surface area contributed by atoms with Crippen LogP contribution in [0.5, 0.6) is 0 Å². The zero-order valence-corrected chi connectivity index (χ0v) is 13.5. The smallest absolute Gasteiger partial charge is 0.407 e. The Morgan fingerprint density at radius 2 is 1.82 bits per heavy atom. The highest BCUT2D eigenvalue weighted by molar-refractivity contribution is 5.85. The Morgan fingerprint density at radius 3 is 2.41 bits per heavy atom. The molecule has 0 fully saturated rings. The van der Waals surface area contributed by atoms with Crippen LogP contribution in [-0.4, -0.2) is 11.1 Å². The molecule has 0 aliphatic rings. The molecule has 5 nitrogen and oxygen atoms in total. The van der Waals surface area contributed by atoms with Crippen LogP contribution in [0, 0.1) is 0 Å². The number of carbonyl (C=O) groups is 1. The van der Waals surface area contributed by atoms with E-state index < -0.39 is 6.09 Å². The first-order valence-corrected chi connectivity index (χ1v) is 6.36. The molecule has 2 rings (SSSR count). The number of halogens is 2. The summed E-state index contributed by atoms with van der Waals surface area (Å²) < 4.78 is 5.10. The van der Waals surface area contributed by atoms with E-state index in [1.807, 2.05) is 42.5 Å². The monoisotopic (exact) mass is 343 g/mol. The fourth-order valence-corrected chi connectivity index (χ4v) is 1.62. The van der Waals surface area contributed by atoms with Crippen LogP contribution in [0.3, 0.4) is 0 Å². The van der Waals surface area contributed by atoms with Gasteiger partial charge in [-0.15, -0.1) is 24.8 Å². The van der Waals surface area contributed by atoms with Crippen molar-refractivity contribution in [2.24, 2.45) is 5.73 Å². The maximum Gasteiger partial charge on any atom is 0.407 e. The van der Waals surface area contributed by atoms with Crippen molar-refractivity contribution in [3.8, 4) is 0 Å². The lowest BCUT2D eigenvalue weighted by Gasteiger charge is -2.07. The van der Waals surface area contributed by atoms with Gasteiger partial charge in [-0.2, -0.15) is 0 Å². The van der Waals surface area contributed by atoms with E-state index in [2.05, 4.69) is 10.3 Å². The summed E-state index contributed by atoms with van der Waals surface area (Å²) in [6, 6.07) is 13.2. The Morgan fingerprint density at radius 1 is 1.09 bits per heavy atom. The minimum atomic E-state index is -0.460. The number of amides is 1. The van der Waals surface area contributed by atoms with Crippen molar-refractivity contribution in [2.75, 3.05) is 0 Å². The van der Waals surface area contributed by atoms with E-state index in [0.29, 0.717) is 13.1 Å². The lowest BCUT2D eigenvalue weighted by molar-refractivity contribution is 0.139. The summed E-state index contributed by atoms with van der Waals surface area (Å²) in [4.78, 5) is 15.7. The molecule has 7 heteroatoms. The summed E-state index contributed by atoms with van der Waals surface area (Å²) in [5.74, 6) is 0. The molecule has 0 bridgehead atoms. The number of nitrogens with zero attached hydrogens (tertiary/aromatic N) is 1. The quantitative estimate of drug-likeness (QED) is 0.874. The molecule has 0 unspecified atom stereocenters. The number of alkyl carbamates (subject to hydrolysis) is 1. The average molecular weight is 344 g/mol. The van der Waals surface area contributed by atoms with E-state index in [1.165, 1.54) is 0 Å². The number of rotatable bonds is 5. The molecular weight excluding hydrogens is 325 g/mol. The van der Waals surface area contributed by atoms with Gasteiger partial charge in [0.2, 0.25) is 0 Å². The molecule has 22 heavy (non-hydrogen) atoms. The molecule has 0 spiro atoms. The number of aromatic nitrogens is 1. The van der Waals surface area contributed by atoms with E-state index in [1.54, 1.807) is 6.20 Å². The van der Waals surface area contributed by atoms with Gasteiger partial charge in [-0.1, -0.05) is 36.4 Å². The molecule has 0 saturated carbocycles. The van der Waals surface area contributed by atoms with Crippen LogP contribution in [0.2, 0.25) is 0 Å². The van der Waals surface area contributed by atoms with Crippen LogP contribution in [0.25, 0.3) is 0 Å². The molecule has 3 N–H and O–H groups in total. The standard InChI is InChI=1S/C15H17N3O2.2ClH/c16-8-13-6-7-14(17-9-13)10-18-15(19)20-11-12-4-2-1-3-5-12;;/h1-7,9H,8,10-11,16H2,(H,18,19);2*1H. The molecule has 1 aromatic carbocycles. The average Bonchev–Trinajstić information content (AvgIpc) is 2.52. The zero-order valence-electron chi connectivity index (χ0n) is 11.9. The molecule has 0 saturated heterocycles. The molecule has 0 radical (unpaired) electrons. The number of nitrogens with one attached hydrogen (secondary N) is 1. The lowest BCUT2D eigenvalue weighted by Crippen LogP contribution is -2.24. The highest BCUT2D eigenvalue weighted by Gasteiger charge is 2.03. The Hall–Kier alpha value is -1.82. The predicted molar refractivity (Wildman–Crippen MR) is 90.1 cm³/mol. The van der Waals surface area contributed by atoms with Crippen molar-refractivity contribution >= 4 is 30.9 Å². The topological polar surface area (TPSA) is 77.2 Å². The molecular formula is C15H19Cl2N3O2. The van der Waals surface area contributed by atoms with Crippen molar-refractivity contribution in [2.45, 2.75) is 19.7 Å². The van der Waals surface area contributed by atoms with E-state index in [9.17, 15) is 4.79 Å². The number of hydrogen-bond acceptors (Lipinski definition) is 4. The summed E-state index contributed by atoms with van der Waals surface area (Å²) in [6.45, 7) is 1.05. The van der Waals surface area contributed by atoms with Gasteiger partial charge in [0, 0.05) is 12.7 Å². The minimum Gasteiger partial charge on any atom is -0.445 e. The summed E-state index contributed by atoms with van der Waals surface area (Å²) in [7, 11) is 0. The van der Waals surface area contributed by atoms with Gasteiger partial charge < -0.3 is 15.8 Å². The zero-order chi connectivity index (χ0) is 14.2. The van der Waals surface area contributed by atoms with Gasteiger partial charge in [0.15, 0.2) is 0 Å². The molecule has 1 amide bonds. The van der Waals surface area contributed by atoms with Gasteiger partial charge in [0.25, 0.3) is 0 Å². The fraction of sp³-hybridized carbons (Fsp3) is 0.200. The molecule has 120 valence electrons. The second-order valence-corrected chi connectivity index (χ2v) is 4.28. The van der Waals surface area contributed by atoms with Crippen LogP contribution in [-0.2, 0) is 24.4 Å². The van der Waals surface area contributed by atoms with Crippen LogP contribution in [0.1, 0.15) is 16.8 Å². The third-order valence-electron chi connectivity index (χ3n) is 2.75. The fourth-order valence-electron chi connectivity index (χ4n) is 1.62. The summed E-state index contributed by atoms with van der Waals surface area (Å²) in [6.07, 6.45) is 1.24. The molecule has 1 aromatic heterocycles. The molecule has 1 heterocycles. The van der Waals surface area contributed by atoms with Gasteiger partial charge in [-0.3, -0.25) is 4.98 Å². The first-order chi connectivity index (χ1) is 9.78. The second-order valence-electron chi connectivity index (χ2n) is 4.28. The van der Waals surface area contributed by atoms with Crippen molar-refractivity contribution < 1.29 is 9.53 Å². The molecule has 0 atom stereocenters. The normalized spacial score (nSPS) is 9.14. The van der Waals surface area contributed by atoms with Gasteiger partial charge in [-0.05, 0) is 17.2 Å². The number of ether oxygens (including phenoxy) is 1. The molecule has 0 aliphatic carbocycles. The largest absolute Gasteiger partial charge is 0.445 e. The summed E-state index contributed by atoms with van der Waals surface area (Å²) >= 11 is 0. The number of hydrogen-bond donors (Lipinski definition) is 2. The number of pyridine rings is 1. The van der Waals surface area contributed by atoms with Crippen LogP contribution in [0.15, 0.2) is 48.7 Å². The Balaban J connectivity index is 0.00000220. The Kier molecular flexibility index (Phi) is 9.95. The van der Waals surface area contributed by atoms with E-state index >= 15 is 0 Å². The van der Waals surface area contributed by atoms with Crippen molar-refractivity contribution in [1.29, 1.82) is 0 Å². The maximum absolute atomic E-state index is 11.5. The SMILES string of the molecule is Cl.Cl.NCc1ccc(CNC(=O)OCc2ccccc2)nc1. The second kappa shape index (κ2) is 10.8. The minimum absolute atomic E-state index is 0. The highest BCUT2D eigenvalue weighted by atomic mass is 35.5. The number of benzene rings is 1. The molecule has 0 aliphatic heterocycles. The van der Waals surface area contributed by atoms with Crippen LogP contribution in [0.4, 0.5) is 4.79 Å². The van der Waals surface area contributed by atoms with E-state index in [4.69, 9.17) is 10.5 Å². The van der Waals surface area contributed by atoms with E-state index in [0.717, 1.165) is 16.8 Å². The highest BCUT2D eigenvalue weighted by Crippen LogP contribution is 2.02. The number of nitrogens with two attached hydrogens (primary N) is 1. The molecule has 2 aromatic rings. The van der Waals surface area contributed by atoms with Gasteiger partial charge >= 0.3 is 6.09 Å². The van der Waals surface area contributed by atoms with Crippen molar-refractivity contribution in [3.05, 3.63) is 65.5 Å². The van der Waals surface area contributed by atoms with Crippen LogP contribution >= 0.6 is 24.8 Å². The predicted octanol–water partition coefficient (Wildman–Crippen LogP) is 2.81. The lowest BCUT2D eigenvalue weighted by atomic mass is 10.2. The van der Waals surface area contributed by atoms with Gasteiger partial charge in [-0.25, -0.2) is 4.79 Å².